The Bertz CT molecular complexity index is 404. The molecule has 4 N–H and O–H groups in total. The van der Waals surface area contributed by atoms with E-state index in [0.29, 0.717) is 11.3 Å². The fourth-order valence-corrected chi connectivity index (χ4v) is 1.00. The molecule has 0 saturated heterocycles. The van der Waals surface area contributed by atoms with Crippen LogP contribution in [0.1, 0.15) is 24.2 Å². The molecule has 0 fully saturated rings. The molecule has 1 aromatic carbocycles. The number of amides is 2. The number of carbonyl (C=O) groups is 2. The van der Waals surface area contributed by atoms with Gasteiger partial charge in [-0.25, -0.2) is 0 Å². The van der Waals surface area contributed by atoms with Crippen LogP contribution in [0.15, 0.2) is 24.3 Å². The third-order valence-corrected chi connectivity index (χ3v) is 1.98. The molecule has 5 heteroatoms. The topological polar surface area (TPSA) is 92.4 Å². The molecular formula is C11H14N2O3. The van der Waals surface area contributed by atoms with Gasteiger partial charge in [0.05, 0.1) is 0 Å². The maximum Gasteiger partial charge on any atom is 0.255 e. The van der Waals surface area contributed by atoms with Gasteiger partial charge in [-0.2, -0.15) is 0 Å². The largest absolute Gasteiger partial charge is 0.381 e. The Morgan fingerprint density at radius 1 is 1.25 bits per heavy atom. The van der Waals surface area contributed by atoms with Crippen molar-refractivity contribution in [1.82, 2.24) is 0 Å². The zero-order chi connectivity index (χ0) is 12.3. The predicted molar refractivity (Wildman–Crippen MR) is 59.9 cm³/mol. The summed E-state index contributed by atoms with van der Waals surface area (Å²) in [6.07, 6.45) is 0. The highest BCUT2D eigenvalue weighted by atomic mass is 16.3. The molecule has 1 aromatic rings. The van der Waals surface area contributed by atoms with Crippen molar-refractivity contribution in [2.75, 3.05) is 5.32 Å². The first kappa shape index (κ1) is 12.2. The Balaban J connectivity index is 2.77. The molecule has 86 valence electrons. The number of aliphatic hydroxyl groups is 1. The fraction of sp³-hybridized carbons (Fsp3) is 0.273. The van der Waals surface area contributed by atoms with Gasteiger partial charge >= 0.3 is 0 Å². The standard InChI is InChI=1S/C11H14N2O3/c1-11(2,16)10(15)13-8-5-3-7(4-6-8)9(12)14/h3-6,16H,1-2H3,(H2,12,14)(H,13,15). The quantitative estimate of drug-likeness (QED) is 0.695. The number of benzene rings is 1. The van der Waals surface area contributed by atoms with Crippen molar-refractivity contribution in [2.45, 2.75) is 19.4 Å². The van der Waals surface area contributed by atoms with Crippen LogP contribution in [0.25, 0.3) is 0 Å². The Morgan fingerprint density at radius 3 is 2.12 bits per heavy atom. The summed E-state index contributed by atoms with van der Waals surface area (Å²) in [6, 6.07) is 6.10. The van der Waals surface area contributed by atoms with Crippen LogP contribution in [-0.4, -0.2) is 22.5 Å². The molecular weight excluding hydrogens is 208 g/mol. The lowest BCUT2D eigenvalue weighted by Gasteiger charge is -2.16. The van der Waals surface area contributed by atoms with Crippen LogP contribution in [0.4, 0.5) is 5.69 Å². The van der Waals surface area contributed by atoms with Gasteiger partial charge in [0.25, 0.3) is 5.91 Å². The van der Waals surface area contributed by atoms with Gasteiger partial charge in [0.1, 0.15) is 5.60 Å². The van der Waals surface area contributed by atoms with Gasteiger partial charge in [0.2, 0.25) is 5.91 Å². The number of rotatable bonds is 3. The molecule has 0 aliphatic carbocycles. The summed E-state index contributed by atoms with van der Waals surface area (Å²) in [4.78, 5) is 22.2. The van der Waals surface area contributed by atoms with Crippen LogP contribution in [0.2, 0.25) is 0 Å². The van der Waals surface area contributed by atoms with Crippen LogP contribution in [0.3, 0.4) is 0 Å². The monoisotopic (exact) mass is 222 g/mol. The third kappa shape index (κ3) is 3.06. The highest BCUT2D eigenvalue weighted by molar-refractivity contribution is 5.97. The second-order valence-electron chi connectivity index (χ2n) is 3.95. The zero-order valence-corrected chi connectivity index (χ0v) is 9.15. The molecule has 2 amide bonds. The molecule has 0 aliphatic heterocycles. The first-order valence-corrected chi connectivity index (χ1v) is 4.74. The highest BCUT2D eigenvalue weighted by Crippen LogP contribution is 2.12. The number of hydrogen-bond donors (Lipinski definition) is 3. The van der Waals surface area contributed by atoms with Crippen molar-refractivity contribution in [3.8, 4) is 0 Å². The van der Waals surface area contributed by atoms with Gasteiger partial charge in [0.15, 0.2) is 0 Å². The first-order valence-electron chi connectivity index (χ1n) is 4.74. The van der Waals surface area contributed by atoms with Gasteiger partial charge in [0, 0.05) is 11.3 Å². The van der Waals surface area contributed by atoms with Crippen LogP contribution in [0, 0.1) is 0 Å². The van der Waals surface area contributed by atoms with E-state index >= 15 is 0 Å². The van der Waals surface area contributed by atoms with E-state index in [1.54, 1.807) is 12.1 Å². The van der Waals surface area contributed by atoms with Gasteiger partial charge in [-0.15, -0.1) is 0 Å². The maximum absolute atomic E-state index is 11.4. The molecule has 0 unspecified atom stereocenters. The van der Waals surface area contributed by atoms with E-state index in [2.05, 4.69) is 5.32 Å². The molecule has 0 atom stereocenters. The van der Waals surface area contributed by atoms with E-state index in [1.807, 2.05) is 0 Å². The van der Waals surface area contributed by atoms with E-state index in [4.69, 9.17) is 5.73 Å². The Hall–Kier alpha value is -1.88. The molecule has 0 bridgehead atoms. The van der Waals surface area contributed by atoms with Gasteiger partial charge < -0.3 is 16.2 Å². The number of carbonyl (C=O) groups excluding carboxylic acids is 2. The first-order chi connectivity index (χ1) is 7.30. The Morgan fingerprint density at radius 2 is 1.75 bits per heavy atom. The van der Waals surface area contributed by atoms with Gasteiger partial charge in [-0.3, -0.25) is 9.59 Å². The van der Waals surface area contributed by atoms with Crippen molar-refractivity contribution in [3.63, 3.8) is 0 Å². The Labute approximate surface area is 93.3 Å². The molecule has 0 aromatic heterocycles. The Kier molecular flexibility index (Phi) is 3.29. The van der Waals surface area contributed by atoms with E-state index in [1.165, 1.54) is 26.0 Å². The van der Waals surface area contributed by atoms with Gasteiger partial charge in [-0.1, -0.05) is 0 Å². The number of nitrogens with one attached hydrogen (secondary N) is 1. The van der Waals surface area contributed by atoms with Gasteiger partial charge in [-0.05, 0) is 38.1 Å². The normalized spacial score (nSPS) is 10.9. The van der Waals surface area contributed by atoms with Crippen molar-refractivity contribution in [3.05, 3.63) is 29.8 Å². The lowest BCUT2D eigenvalue weighted by molar-refractivity contribution is -0.130. The molecule has 16 heavy (non-hydrogen) atoms. The average molecular weight is 222 g/mol. The SMILES string of the molecule is CC(C)(O)C(=O)Nc1ccc(C(N)=O)cc1. The maximum atomic E-state index is 11.4. The van der Waals surface area contributed by atoms with Crippen molar-refractivity contribution in [2.24, 2.45) is 5.73 Å². The van der Waals surface area contributed by atoms with Crippen molar-refractivity contribution >= 4 is 17.5 Å². The summed E-state index contributed by atoms with van der Waals surface area (Å²) in [7, 11) is 0. The second-order valence-corrected chi connectivity index (χ2v) is 3.95. The number of primary amides is 1. The summed E-state index contributed by atoms with van der Waals surface area (Å²) >= 11 is 0. The van der Waals surface area contributed by atoms with E-state index < -0.39 is 17.4 Å². The number of hydrogen-bond acceptors (Lipinski definition) is 3. The summed E-state index contributed by atoms with van der Waals surface area (Å²) in [5.74, 6) is -1.04. The van der Waals surface area contributed by atoms with Crippen LogP contribution in [-0.2, 0) is 4.79 Å². The molecule has 5 nitrogen and oxygen atoms in total. The summed E-state index contributed by atoms with van der Waals surface area (Å²) < 4.78 is 0. The minimum atomic E-state index is -1.44. The lowest BCUT2D eigenvalue weighted by atomic mass is 10.1. The third-order valence-electron chi connectivity index (χ3n) is 1.98. The molecule has 0 radical (unpaired) electrons. The smallest absolute Gasteiger partial charge is 0.255 e. The molecule has 0 saturated carbocycles. The molecule has 0 spiro atoms. The van der Waals surface area contributed by atoms with Crippen LogP contribution < -0.4 is 11.1 Å². The van der Waals surface area contributed by atoms with Crippen LogP contribution in [0.5, 0.6) is 0 Å². The number of nitrogens with two attached hydrogens (primary N) is 1. The highest BCUT2D eigenvalue weighted by Gasteiger charge is 2.23. The molecule has 0 aliphatic rings. The lowest BCUT2D eigenvalue weighted by Crippen LogP contribution is -2.36. The number of anilines is 1. The molecule has 1 rings (SSSR count). The van der Waals surface area contributed by atoms with E-state index in [0.717, 1.165) is 0 Å². The minimum Gasteiger partial charge on any atom is -0.381 e. The van der Waals surface area contributed by atoms with E-state index in [-0.39, 0.29) is 0 Å². The van der Waals surface area contributed by atoms with E-state index in [9.17, 15) is 14.7 Å². The molecule has 0 heterocycles. The summed E-state index contributed by atoms with van der Waals surface area (Å²) in [5, 5.41) is 11.9. The second kappa shape index (κ2) is 4.32. The fourth-order valence-electron chi connectivity index (χ4n) is 1.00. The summed E-state index contributed by atoms with van der Waals surface area (Å²) in [6.45, 7) is 2.78. The summed E-state index contributed by atoms with van der Waals surface area (Å²) in [5.41, 5.74) is 4.49. The predicted octanol–water partition coefficient (Wildman–Crippen LogP) is 0.495. The minimum absolute atomic E-state index is 0.362. The van der Waals surface area contributed by atoms with Crippen molar-refractivity contribution in [1.29, 1.82) is 0 Å². The van der Waals surface area contributed by atoms with Crippen LogP contribution >= 0.6 is 0 Å². The van der Waals surface area contributed by atoms with Crippen molar-refractivity contribution < 1.29 is 14.7 Å². The average Bonchev–Trinajstić information content (AvgIpc) is 2.17. The zero-order valence-electron chi connectivity index (χ0n) is 9.15.